The zero-order chi connectivity index (χ0) is 18.9. The van der Waals surface area contributed by atoms with E-state index in [1.807, 2.05) is 0 Å². The first-order valence-electron chi connectivity index (χ1n) is 8.18. The van der Waals surface area contributed by atoms with Crippen LogP contribution < -0.4 is 4.74 Å². The normalized spacial score (nSPS) is 14.7. The second-order valence-corrected chi connectivity index (χ2v) is 6.93. The van der Waals surface area contributed by atoms with Crippen LogP contribution in [0.25, 0.3) is 0 Å². The maximum atomic E-state index is 14.5. The Hall–Kier alpha value is -2.71. The van der Waals surface area contributed by atoms with E-state index in [2.05, 4.69) is 10.2 Å². The smallest absolute Gasteiger partial charge is 0.444 e. The molecule has 0 radical (unpaired) electrons. The summed E-state index contributed by atoms with van der Waals surface area (Å²) in [5, 5.41) is 7.39. The number of hydrogen-bond acceptors (Lipinski definition) is 5. The molecular formula is C17H20F2N4O3. The standard InChI is InChI=1S/C17H20F2N4O3/c1-16(2,3)26-15(24)22-9-10-23-13(11-22)20-21-14(23)17(18,19)25-12-7-5-4-6-8-12/h4-8H,9-11H2,1-3H3. The molecule has 0 saturated heterocycles. The number of nitrogens with zero attached hydrogens (tertiary/aromatic N) is 4. The summed E-state index contributed by atoms with van der Waals surface area (Å²) < 4.78 is 40.4. The van der Waals surface area contributed by atoms with Crippen molar-refractivity contribution in [1.82, 2.24) is 19.7 Å². The Balaban J connectivity index is 1.76. The highest BCUT2D eigenvalue weighted by Crippen LogP contribution is 2.31. The molecule has 0 unspecified atom stereocenters. The zero-order valence-electron chi connectivity index (χ0n) is 14.8. The van der Waals surface area contributed by atoms with Crippen molar-refractivity contribution in [2.24, 2.45) is 0 Å². The van der Waals surface area contributed by atoms with E-state index in [0.717, 1.165) is 0 Å². The van der Waals surface area contributed by atoms with Crippen molar-refractivity contribution in [1.29, 1.82) is 0 Å². The molecule has 1 amide bonds. The number of benzene rings is 1. The van der Waals surface area contributed by atoms with Crippen LogP contribution in [0.15, 0.2) is 30.3 Å². The minimum absolute atomic E-state index is 0.0287. The summed E-state index contributed by atoms with van der Waals surface area (Å²) >= 11 is 0. The van der Waals surface area contributed by atoms with E-state index in [4.69, 9.17) is 9.47 Å². The Kier molecular flexibility index (Phi) is 4.55. The molecule has 26 heavy (non-hydrogen) atoms. The van der Waals surface area contributed by atoms with Crippen LogP contribution >= 0.6 is 0 Å². The Morgan fingerprint density at radius 2 is 1.81 bits per heavy atom. The van der Waals surface area contributed by atoms with Gasteiger partial charge in [0.15, 0.2) is 5.82 Å². The average Bonchev–Trinajstić information content (AvgIpc) is 2.97. The van der Waals surface area contributed by atoms with Gasteiger partial charge in [-0.2, -0.15) is 8.78 Å². The summed E-state index contributed by atoms with van der Waals surface area (Å²) in [5.74, 6) is -0.297. The highest BCUT2D eigenvalue weighted by Gasteiger charge is 2.43. The van der Waals surface area contributed by atoms with E-state index in [9.17, 15) is 13.6 Å². The van der Waals surface area contributed by atoms with E-state index < -0.39 is 23.6 Å². The second-order valence-electron chi connectivity index (χ2n) is 6.93. The first kappa shape index (κ1) is 18.1. The lowest BCUT2D eigenvalue weighted by atomic mass is 10.2. The predicted octanol–water partition coefficient (Wildman–Crippen LogP) is 3.16. The van der Waals surface area contributed by atoms with Gasteiger partial charge in [0.2, 0.25) is 5.82 Å². The Morgan fingerprint density at radius 3 is 2.46 bits per heavy atom. The lowest BCUT2D eigenvalue weighted by Crippen LogP contribution is -2.42. The number of carbonyl (C=O) groups is 1. The molecule has 0 bridgehead atoms. The van der Waals surface area contributed by atoms with Gasteiger partial charge in [-0.25, -0.2) is 4.79 Å². The molecule has 1 aliphatic rings. The molecule has 0 spiro atoms. The predicted molar refractivity (Wildman–Crippen MR) is 87.6 cm³/mol. The van der Waals surface area contributed by atoms with Crippen molar-refractivity contribution in [3.05, 3.63) is 42.0 Å². The number of ether oxygens (including phenoxy) is 2. The monoisotopic (exact) mass is 366 g/mol. The topological polar surface area (TPSA) is 69.5 Å². The Labute approximate surface area is 149 Å². The van der Waals surface area contributed by atoms with Crippen LogP contribution in [0, 0.1) is 0 Å². The number of carbonyl (C=O) groups excluding carboxylic acids is 1. The van der Waals surface area contributed by atoms with Crippen LogP contribution in [0.2, 0.25) is 0 Å². The molecule has 140 valence electrons. The molecule has 1 aliphatic heterocycles. The third-order valence-corrected chi connectivity index (χ3v) is 3.65. The van der Waals surface area contributed by atoms with Crippen molar-refractivity contribution in [3.63, 3.8) is 0 Å². The van der Waals surface area contributed by atoms with Crippen LogP contribution in [-0.4, -0.2) is 37.9 Å². The van der Waals surface area contributed by atoms with Gasteiger partial charge in [-0.1, -0.05) is 18.2 Å². The molecule has 9 heteroatoms. The summed E-state index contributed by atoms with van der Waals surface area (Å²) in [7, 11) is 0. The molecule has 0 saturated carbocycles. The summed E-state index contributed by atoms with van der Waals surface area (Å²) in [5.41, 5.74) is -0.635. The van der Waals surface area contributed by atoms with Crippen LogP contribution in [0.4, 0.5) is 13.6 Å². The molecule has 2 aromatic rings. The molecule has 0 fully saturated rings. The quantitative estimate of drug-likeness (QED) is 0.835. The third kappa shape index (κ3) is 3.92. The van der Waals surface area contributed by atoms with Crippen LogP contribution in [0.5, 0.6) is 5.75 Å². The maximum Gasteiger partial charge on any atom is 0.462 e. The van der Waals surface area contributed by atoms with E-state index in [-0.39, 0.29) is 31.2 Å². The molecule has 1 aromatic carbocycles. The molecule has 7 nitrogen and oxygen atoms in total. The third-order valence-electron chi connectivity index (χ3n) is 3.65. The summed E-state index contributed by atoms with van der Waals surface area (Å²) in [6, 6.07) is 7.78. The van der Waals surface area contributed by atoms with Gasteiger partial charge < -0.3 is 14.0 Å². The molecule has 0 aliphatic carbocycles. The van der Waals surface area contributed by atoms with Crippen molar-refractivity contribution in [3.8, 4) is 5.75 Å². The number of fused-ring (bicyclic) bond motifs is 1. The summed E-state index contributed by atoms with van der Waals surface area (Å²) in [6.45, 7) is 5.67. The molecule has 3 rings (SSSR count). The largest absolute Gasteiger partial charge is 0.462 e. The van der Waals surface area contributed by atoms with Gasteiger partial charge in [-0.05, 0) is 32.9 Å². The first-order valence-corrected chi connectivity index (χ1v) is 8.18. The molecule has 1 aromatic heterocycles. The fraction of sp³-hybridized carbons (Fsp3) is 0.471. The lowest BCUT2D eigenvalue weighted by molar-refractivity contribution is -0.194. The summed E-state index contributed by atoms with van der Waals surface area (Å²) in [4.78, 5) is 13.6. The number of hydrogen-bond donors (Lipinski definition) is 0. The van der Waals surface area contributed by atoms with Crippen molar-refractivity contribution >= 4 is 6.09 Å². The van der Waals surface area contributed by atoms with Gasteiger partial charge in [0.05, 0.1) is 6.54 Å². The van der Waals surface area contributed by atoms with Crippen molar-refractivity contribution < 1.29 is 23.0 Å². The molecule has 0 atom stereocenters. The minimum atomic E-state index is -3.64. The van der Waals surface area contributed by atoms with E-state index in [1.54, 1.807) is 39.0 Å². The number of amides is 1. The SMILES string of the molecule is CC(C)(C)OC(=O)N1CCn2c(nnc2C(F)(F)Oc2ccccc2)C1. The number of para-hydroxylation sites is 1. The first-order chi connectivity index (χ1) is 12.2. The van der Waals surface area contributed by atoms with Crippen LogP contribution in [0.1, 0.15) is 32.4 Å². The number of aromatic nitrogens is 3. The highest BCUT2D eigenvalue weighted by atomic mass is 19.3. The van der Waals surface area contributed by atoms with Crippen molar-refractivity contribution in [2.75, 3.05) is 6.54 Å². The Bertz CT molecular complexity index is 787. The molecule has 2 heterocycles. The van der Waals surface area contributed by atoms with Crippen molar-refractivity contribution in [2.45, 2.75) is 45.6 Å². The van der Waals surface area contributed by atoms with Crippen LogP contribution in [-0.2, 0) is 23.9 Å². The number of alkyl halides is 2. The van der Waals surface area contributed by atoms with Crippen LogP contribution in [0.3, 0.4) is 0 Å². The number of rotatable bonds is 3. The highest BCUT2D eigenvalue weighted by molar-refractivity contribution is 5.68. The minimum Gasteiger partial charge on any atom is -0.444 e. The molecule has 0 N–H and O–H groups in total. The lowest BCUT2D eigenvalue weighted by Gasteiger charge is -2.30. The van der Waals surface area contributed by atoms with E-state index in [0.29, 0.717) is 0 Å². The Morgan fingerprint density at radius 1 is 1.12 bits per heavy atom. The summed E-state index contributed by atoms with van der Waals surface area (Å²) in [6.07, 6.45) is -4.15. The van der Waals surface area contributed by atoms with Gasteiger partial charge >= 0.3 is 12.2 Å². The fourth-order valence-electron chi connectivity index (χ4n) is 2.54. The van der Waals surface area contributed by atoms with Gasteiger partial charge in [0, 0.05) is 13.1 Å². The zero-order valence-corrected chi connectivity index (χ0v) is 14.8. The van der Waals surface area contributed by atoms with Gasteiger partial charge in [0.1, 0.15) is 11.4 Å². The van der Waals surface area contributed by atoms with E-state index >= 15 is 0 Å². The number of halogens is 2. The maximum absolute atomic E-state index is 14.5. The average molecular weight is 366 g/mol. The molecular weight excluding hydrogens is 346 g/mol. The van der Waals surface area contributed by atoms with Gasteiger partial charge in [0.25, 0.3) is 0 Å². The van der Waals surface area contributed by atoms with E-state index in [1.165, 1.54) is 21.6 Å². The van der Waals surface area contributed by atoms with Gasteiger partial charge in [-0.3, -0.25) is 4.90 Å². The fourth-order valence-corrected chi connectivity index (χ4v) is 2.54. The second kappa shape index (κ2) is 6.54. The van der Waals surface area contributed by atoms with Gasteiger partial charge in [-0.15, -0.1) is 10.2 Å².